The van der Waals surface area contributed by atoms with Gasteiger partial charge in [0, 0.05) is 28.9 Å². The molecule has 0 saturated carbocycles. The molecule has 4 aromatic rings. The van der Waals surface area contributed by atoms with Crippen LogP contribution in [0.4, 0.5) is 5.69 Å². The number of hydrogen-bond acceptors (Lipinski definition) is 5. The molecular weight excluding hydrogens is 458 g/mol. The Morgan fingerprint density at radius 2 is 2.06 bits per heavy atom. The second-order valence-electron chi connectivity index (χ2n) is 8.46. The summed E-state index contributed by atoms with van der Waals surface area (Å²) in [5.74, 6) is 0.669. The third-order valence-corrected chi connectivity index (χ3v) is 7.64. The molecule has 2 aromatic heterocycles. The van der Waals surface area contributed by atoms with Crippen molar-refractivity contribution >= 4 is 46.0 Å². The number of nitrogens with zero attached hydrogens (tertiary/aromatic N) is 5. The molecular formula is C24H20ClN5O2S. The van der Waals surface area contributed by atoms with E-state index >= 15 is 0 Å². The monoisotopic (exact) mass is 477 g/mol. The average molecular weight is 478 g/mol. The molecule has 6 rings (SSSR count). The predicted octanol–water partition coefficient (Wildman–Crippen LogP) is 4.25. The fraction of sp³-hybridized carbons (Fsp3) is 0.250. The lowest BCUT2D eigenvalue weighted by atomic mass is 10.1. The van der Waals surface area contributed by atoms with E-state index in [1.807, 2.05) is 35.2 Å². The number of anilines is 1. The van der Waals surface area contributed by atoms with E-state index < -0.39 is 0 Å². The fourth-order valence-electron chi connectivity index (χ4n) is 4.82. The van der Waals surface area contributed by atoms with Crippen molar-refractivity contribution in [3.05, 3.63) is 75.7 Å². The molecule has 2 aliphatic rings. The zero-order chi connectivity index (χ0) is 22.7. The molecule has 2 atom stereocenters. The van der Waals surface area contributed by atoms with Crippen LogP contribution in [0.25, 0.3) is 16.7 Å². The normalized spacial score (nSPS) is 19.2. The Hall–Kier alpha value is -3.10. The second kappa shape index (κ2) is 7.74. The van der Waals surface area contributed by atoms with E-state index in [1.54, 1.807) is 27.6 Å². The highest BCUT2D eigenvalue weighted by molar-refractivity contribution is 7.99. The highest BCUT2D eigenvalue weighted by Crippen LogP contribution is 2.37. The molecule has 33 heavy (non-hydrogen) atoms. The van der Waals surface area contributed by atoms with Crippen molar-refractivity contribution in [1.29, 1.82) is 0 Å². The number of carbonyl (C=O) groups is 1. The standard InChI is InChI=1S/C24H20ClN5O2S/c1-14-9-15-5-2-3-8-20(15)28(14)21(31)11-18-13-33-24-27-22-19(23(32)29(18)24)12-26-30(22)17-7-4-6-16(25)10-17/h2-8,10,12,14,18H,9,11,13H2,1H3. The summed E-state index contributed by atoms with van der Waals surface area (Å²) in [5.41, 5.74) is 3.24. The number of para-hydroxylation sites is 1. The van der Waals surface area contributed by atoms with E-state index in [9.17, 15) is 9.59 Å². The van der Waals surface area contributed by atoms with E-state index in [2.05, 4.69) is 18.1 Å². The van der Waals surface area contributed by atoms with Crippen LogP contribution in [-0.4, -0.2) is 37.0 Å². The van der Waals surface area contributed by atoms with Crippen LogP contribution in [0.1, 0.15) is 24.9 Å². The molecule has 9 heteroatoms. The van der Waals surface area contributed by atoms with Gasteiger partial charge in [-0.2, -0.15) is 5.10 Å². The maximum atomic E-state index is 13.4. The van der Waals surface area contributed by atoms with Crippen LogP contribution in [0, 0.1) is 0 Å². The number of rotatable bonds is 3. The van der Waals surface area contributed by atoms with E-state index in [0.29, 0.717) is 27.0 Å². The minimum absolute atomic E-state index is 0.0347. The predicted molar refractivity (Wildman–Crippen MR) is 130 cm³/mol. The highest BCUT2D eigenvalue weighted by Gasteiger charge is 2.35. The lowest BCUT2D eigenvalue weighted by Crippen LogP contribution is -2.38. The minimum Gasteiger partial charge on any atom is -0.309 e. The molecule has 0 N–H and O–H groups in total. The van der Waals surface area contributed by atoms with Gasteiger partial charge in [-0.25, -0.2) is 9.67 Å². The van der Waals surface area contributed by atoms with Crippen molar-refractivity contribution in [2.75, 3.05) is 10.7 Å². The Kier molecular flexibility index (Phi) is 4.81. The third kappa shape index (κ3) is 3.28. The number of hydrogen-bond donors (Lipinski definition) is 0. The van der Waals surface area contributed by atoms with Crippen LogP contribution < -0.4 is 10.5 Å². The molecule has 7 nitrogen and oxygen atoms in total. The van der Waals surface area contributed by atoms with E-state index in [0.717, 1.165) is 17.8 Å². The van der Waals surface area contributed by atoms with Gasteiger partial charge in [0.05, 0.1) is 17.9 Å². The zero-order valence-electron chi connectivity index (χ0n) is 17.8. The van der Waals surface area contributed by atoms with Crippen LogP contribution in [0.3, 0.4) is 0 Å². The van der Waals surface area contributed by atoms with Crippen molar-refractivity contribution in [3.8, 4) is 5.69 Å². The highest BCUT2D eigenvalue weighted by atomic mass is 35.5. The molecule has 2 aliphatic heterocycles. The lowest BCUT2D eigenvalue weighted by Gasteiger charge is -2.24. The molecule has 0 radical (unpaired) electrons. The molecule has 0 fully saturated rings. The Balaban J connectivity index is 1.35. The summed E-state index contributed by atoms with van der Waals surface area (Å²) in [6.07, 6.45) is 2.65. The first-order chi connectivity index (χ1) is 16.0. The summed E-state index contributed by atoms with van der Waals surface area (Å²) in [6.45, 7) is 2.07. The van der Waals surface area contributed by atoms with Crippen LogP contribution in [-0.2, 0) is 11.2 Å². The topological polar surface area (TPSA) is 73.0 Å². The molecule has 0 spiro atoms. The first kappa shape index (κ1) is 20.5. The Bertz CT molecular complexity index is 1480. The van der Waals surface area contributed by atoms with Crippen molar-refractivity contribution in [2.45, 2.75) is 37.0 Å². The van der Waals surface area contributed by atoms with Gasteiger partial charge in [-0.05, 0) is 43.2 Å². The number of carbonyl (C=O) groups excluding carboxylic acids is 1. The molecule has 0 aliphatic carbocycles. The van der Waals surface area contributed by atoms with Crippen molar-refractivity contribution in [1.82, 2.24) is 19.3 Å². The summed E-state index contributed by atoms with van der Waals surface area (Å²) >= 11 is 7.63. The van der Waals surface area contributed by atoms with Gasteiger partial charge in [-0.15, -0.1) is 0 Å². The Labute approximate surface area is 199 Å². The summed E-state index contributed by atoms with van der Waals surface area (Å²) in [6, 6.07) is 15.2. The van der Waals surface area contributed by atoms with Crippen LogP contribution in [0.15, 0.2) is 64.7 Å². The Morgan fingerprint density at radius 3 is 2.91 bits per heavy atom. The van der Waals surface area contributed by atoms with Crippen molar-refractivity contribution in [3.63, 3.8) is 0 Å². The summed E-state index contributed by atoms with van der Waals surface area (Å²) < 4.78 is 3.30. The van der Waals surface area contributed by atoms with Gasteiger partial charge in [-0.1, -0.05) is 47.6 Å². The van der Waals surface area contributed by atoms with Gasteiger partial charge in [0.2, 0.25) is 5.91 Å². The minimum atomic E-state index is -0.239. The van der Waals surface area contributed by atoms with Crippen LogP contribution in [0.5, 0.6) is 0 Å². The van der Waals surface area contributed by atoms with Crippen molar-refractivity contribution in [2.24, 2.45) is 0 Å². The fourth-order valence-corrected chi connectivity index (χ4v) is 6.14. The number of benzene rings is 2. The molecule has 0 bridgehead atoms. The van der Waals surface area contributed by atoms with Gasteiger partial charge in [-0.3, -0.25) is 14.2 Å². The number of aromatic nitrogens is 4. The Morgan fingerprint density at radius 1 is 1.21 bits per heavy atom. The first-order valence-electron chi connectivity index (χ1n) is 10.8. The molecule has 2 aromatic carbocycles. The molecule has 166 valence electrons. The number of halogens is 1. The zero-order valence-corrected chi connectivity index (χ0v) is 19.4. The van der Waals surface area contributed by atoms with Gasteiger partial charge < -0.3 is 4.90 Å². The summed E-state index contributed by atoms with van der Waals surface area (Å²) in [4.78, 5) is 33.4. The smallest absolute Gasteiger partial charge is 0.265 e. The molecule has 4 heterocycles. The van der Waals surface area contributed by atoms with Gasteiger partial charge in [0.1, 0.15) is 5.39 Å². The number of amides is 1. The van der Waals surface area contributed by atoms with Gasteiger partial charge in [0.25, 0.3) is 5.56 Å². The number of fused-ring (bicyclic) bond motifs is 3. The average Bonchev–Trinajstić information content (AvgIpc) is 3.49. The number of thioether (sulfide) groups is 1. The van der Waals surface area contributed by atoms with Gasteiger partial charge in [0.15, 0.2) is 10.8 Å². The summed E-state index contributed by atoms with van der Waals surface area (Å²) in [5, 5.41) is 6.02. The van der Waals surface area contributed by atoms with Gasteiger partial charge >= 0.3 is 0 Å². The quantitative estimate of drug-likeness (QED) is 0.412. The second-order valence-corrected chi connectivity index (χ2v) is 9.88. The molecule has 0 saturated heterocycles. The first-order valence-corrected chi connectivity index (χ1v) is 12.2. The summed E-state index contributed by atoms with van der Waals surface area (Å²) in [7, 11) is 0. The maximum Gasteiger partial charge on any atom is 0.265 e. The van der Waals surface area contributed by atoms with E-state index in [1.165, 1.54) is 17.3 Å². The van der Waals surface area contributed by atoms with Crippen molar-refractivity contribution < 1.29 is 4.79 Å². The van der Waals surface area contributed by atoms with E-state index in [-0.39, 0.29) is 30.0 Å². The third-order valence-electron chi connectivity index (χ3n) is 6.31. The SMILES string of the molecule is CC1Cc2ccccc2N1C(=O)CC1CSc2nc3c(cnn3-c3cccc(Cl)c3)c(=O)n21. The maximum absolute atomic E-state index is 13.4. The molecule has 1 amide bonds. The molecule has 2 unspecified atom stereocenters. The van der Waals surface area contributed by atoms with Crippen LogP contribution >= 0.6 is 23.4 Å². The van der Waals surface area contributed by atoms with Crippen LogP contribution in [0.2, 0.25) is 5.02 Å². The van der Waals surface area contributed by atoms with E-state index in [4.69, 9.17) is 16.6 Å². The lowest BCUT2D eigenvalue weighted by molar-refractivity contribution is -0.119. The largest absolute Gasteiger partial charge is 0.309 e.